The zero-order valence-corrected chi connectivity index (χ0v) is 15.0. The number of hydrogen-bond acceptors (Lipinski definition) is 3. The molecule has 0 aliphatic carbocycles. The van der Waals surface area contributed by atoms with Crippen molar-refractivity contribution in [2.45, 2.75) is 26.8 Å². The van der Waals surface area contributed by atoms with Gasteiger partial charge in [-0.05, 0) is 17.9 Å². The van der Waals surface area contributed by atoms with Crippen molar-refractivity contribution in [1.29, 1.82) is 0 Å². The van der Waals surface area contributed by atoms with E-state index in [1.807, 2.05) is 6.07 Å². The molecule has 0 radical (unpaired) electrons. The molecule has 0 unspecified atom stereocenters. The Morgan fingerprint density at radius 2 is 2.10 bits per heavy atom. The summed E-state index contributed by atoms with van der Waals surface area (Å²) in [5, 5.41) is 17.1. The van der Waals surface area contributed by atoms with E-state index in [-0.39, 0.29) is 34.6 Å². The summed E-state index contributed by atoms with van der Waals surface area (Å²) in [4.78, 5) is 14.4. The molecule has 1 rings (SSSR count). The van der Waals surface area contributed by atoms with E-state index < -0.39 is 0 Å². The van der Waals surface area contributed by atoms with Gasteiger partial charge in [0.05, 0.1) is 4.92 Å². The minimum absolute atomic E-state index is 0. The number of halogens is 1. The first-order chi connectivity index (χ1) is 9.52. The fraction of sp³-hybridized carbons (Fsp3) is 0.500. The van der Waals surface area contributed by atoms with Crippen LogP contribution in [0.5, 0.6) is 0 Å². The fourth-order valence-corrected chi connectivity index (χ4v) is 1.67. The zero-order chi connectivity index (χ0) is 15.0. The Morgan fingerprint density at radius 1 is 1.38 bits per heavy atom. The molecule has 6 nitrogen and oxygen atoms in total. The summed E-state index contributed by atoms with van der Waals surface area (Å²) in [6.45, 7) is 5.69. The van der Waals surface area contributed by atoms with Gasteiger partial charge in [-0.15, -0.1) is 24.0 Å². The molecular weight excluding hydrogens is 383 g/mol. The van der Waals surface area contributed by atoms with Crippen LogP contribution in [0.3, 0.4) is 0 Å². The number of nitrogens with zero attached hydrogens (tertiary/aromatic N) is 2. The smallest absolute Gasteiger partial charge is 0.269 e. The average molecular weight is 406 g/mol. The Labute approximate surface area is 142 Å². The summed E-state index contributed by atoms with van der Waals surface area (Å²) in [5.41, 5.74) is 0.957. The van der Waals surface area contributed by atoms with Crippen LogP contribution in [0.15, 0.2) is 29.3 Å². The lowest BCUT2D eigenvalue weighted by molar-refractivity contribution is -0.384. The minimum Gasteiger partial charge on any atom is -0.356 e. The highest BCUT2D eigenvalue weighted by Gasteiger charge is 2.06. The van der Waals surface area contributed by atoms with Crippen molar-refractivity contribution in [3.05, 3.63) is 39.9 Å². The first kappa shape index (κ1) is 19.6. The van der Waals surface area contributed by atoms with Gasteiger partial charge < -0.3 is 10.6 Å². The van der Waals surface area contributed by atoms with Gasteiger partial charge in [0.25, 0.3) is 5.69 Å². The highest BCUT2D eigenvalue weighted by molar-refractivity contribution is 14.0. The normalized spacial score (nSPS) is 11.0. The van der Waals surface area contributed by atoms with Gasteiger partial charge in [0.1, 0.15) is 0 Å². The molecule has 0 heterocycles. The Kier molecular flexibility index (Phi) is 9.68. The first-order valence-corrected chi connectivity index (χ1v) is 6.70. The first-order valence-electron chi connectivity index (χ1n) is 6.70. The summed E-state index contributed by atoms with van der Waals surface area (Å²) in [6, 6.07) is 6.58. The lowest BCUT2D eigenvalue weighted by atomic mass is 10.1. The molecule has 0 aliphatic rings. The quantitative estimate of drug-likeness (QED) is 0.250. The monoisotopic (exact) mass is 406 g/mol. The van der Waals surface area contributed by atoms with Gasteiger partial charge in [0.15, 0.2) is 5.96 Å². The zero-order valence-electron chi connectivity index (χ0n) is 12.6. The molecule has 0 atom stereocenters. The largest absolute Gasteiger partial charge is 0.356 e. The Bertz CT molecular complexity index is 478. The Morgan fingerprint density at radius 3 is 2.67 bits per heavy atom. The van der Waals surface area contributed by atoms with E-state index in [0.29, 0.717) is 18.4 Å². The van der Waals surface area contributed by atoms with Gasteiger partial charge in [-0.2, -0.15) is 0 Å². The summed E-state index contributed by atoms with van der Waals surface area (Å²) in [7, 11) is 1.71. The van der Waals surface area contributed by atoms with E-state index in [4.69, 9.17) is 0 Å². The van der Waals surface area contributed by atoms with Crippen molar-refractivity contribution in [1.82, 2.24) is 10.6 Å². The van der Waals surface area contributed by atoms with Crippen molar-refractivity contribution >= 4 is 35.6 Å². The van der Waals surface area contributed by atoms with Crippen LogP contribution in [0.2, 0.25) is 0 Å². The molecular formula is C14H23IN4O2. The highest BCUT2D eigenvalue weighted by Crippen LogP contribution is 2.12. The molecule has 21 heavy (non-hydrogen) atoms. The molecule has 0 fully saturated rings. The van der Waals surface area contributed by atoms with E-state index in [0.717, 1.165) is 18.5 Å². The maximum atomic E-state index is 10.7. The lowest BCUT2D eigenvalue weighted by Crippen LogP contribution is -2.37. The number of non-ortho nitro benzene ring substituents is 1. The maximum Gasteiger partial charge on any atom is 0.269 e. The van der Waals surface area contributed by atoms with Crippen LogP contribution in [-0.4, -0.2) is 24.5 Å². The number of nitro benzene ring substituents is 1. The SMILES string of the molecule is CN=C(NCCC(C)C)NCc1cccc([N+](=O)[O-])c1.I. The van der Waals surface area contributed by atoms with Crippen LogP contribution in [-0.2, 0) is 6.54 Å². The van der Waals surface area contributed by atoms with Crippen LogP contribution in [0.25, 0.3) is 0 Å². The predicted octanol–water partition coefficient (Wildman–Crippen LogP) is 2.92. The number of aliphatic imine (C=N–C) groups is 1. The van der Waals surface area contributed by atoms with E-state index in [1.165, 1.54) is 6.07 Å². The van der Waals surface area contributed by atoms with Gasteiger partial charge in [0.2, 0.25) is 0 Å². The van der Waals surface area contributed by atoms with E-state index in [9.17, 15) is 10.1 Å². The number of nitrogens with one attached hydrogen (secondary N) is 2. The van der Waals surface area contributed by atoms with Crippen molar-refractivity contribution in [3.63, 3.8) is 0 Å². The lowest BCUT2D eigenvalue weighted by Gasteiger charge is -2.12. The second-order valence-corrected chi connectivity index (χ2v) is 4.96. The van der Waals surface area contributed by atoms with Crippen molar-refractivity contribution in [3.8, 4) is 0 Å². The molecule has 0 saturated carbocycles. The molecule has 0 amide bonds. The van der Waals surface area contributed by atoms with Gasteiger partial charge in [-0.25, -0.2) is 0 Å². The van der Waals surface area contributed by atoms with Crippen molar-refractivity contribution in [2.75, 3.05) is 13.6 Å². The average Bonchev–Trinajstić information content (AvgIpc) is 2.42. The highest BCUT2D eigenvalue weighted by atomic mass is 127. The third-order valence-corrected chi connectivity index (χ3v) is 2.82. The molecule has 0 spiro atoms. The molecule has 2 N–H and O–H groups in total. The minimum atomic E-state index is -0.390. The third-order valence-electron chi connectivity index (χ3n) is 2.82. The fourth-order valence-electron chi connectivity index (χ4n) is 1.67. The number of rotatable bonds is 6. The van der Waals surface area contributed by atoms with Crippen LogP contribution in [0.4, 0.5) is 5.69 Å². The molecule has 118 valence electrons. The summed E-state index contributed by atoms with van der Waals surface area (Å²) in [5.74, 6) is 1.34. The van der Waals surface area contributed by atoms with Crippen LogP contribution >= 0.6 is 24.0 Å². The standard InChI is InChI=1S/C14H22N4O2.HI/c1-11(2)7-8-16-14(15-3)17-10-12-5-4-6-13(9-12)18(19)20;/h4-6,9,11H,7-8,10H2,1-3H3,(H2,15,16,17);1H. The second-order valence-electron chi connectivity index (χ2n) is 4.96. The Balaban J connectivity index is 0.00000400. The van der Waals surface area contributed by atoms with E-state index in [1.54, 1.807) is 19.2 Å². The predicted molar refractivity (Wildman–Crippen MR) is 96.2 cm³/mol. The van der Waals surface area contributed by atoms with Crippen molar-refractivity contribution in [2.24, 2.45) is 10.9 Å². The third kappa shape index (κ3) is 7.84. The molecule has 0 aliphatic heterocycles. The molecule has 0 saturated heterocycles. The van der Waals surface area contributed by atoms with Crippen LogP contribution in [0, 0.1) is 16.0 Å². The molecule has 0 bridgehead atoms. The van der Waals surface area contributed by atoms with Crippen LogP contribution in [0.1, 0.15) is 25.8 Å². The van der Waals surface area contributed by atoms with Crippen LogP contribution < -0.4 is 10.6 Å². The molecule has 7 heteroatoms. The number of hydrogen-bond donors (Lipinski definition) is 2. The van der Waals surface area contributed by atoms with Crippen molar-refractivity contribution < 1.29 is 4.92 Å². The number of guanidine groups is 1. The van der Waals surface area contributed by atoms with Gasteiger partial charge >= 0.3 is 0 Å². The number of nitro groups is 1. The van der Waals surface area contributed by atoms with E-state index >= 15 is 0 Å². The van der Waals surface area contributed by atoms with Gasteiger partial charge in [-0.1, -0.05) is 26.0 Å². The van der Waals surface area contributed by atoms with Gasteiger partial charge in [0, 0.05) is 32.3 Å². The summed E-state index contributed by atoms with van der Waals surface area (Å²) >= 11 is 0. The summed E-state index contributed by atoms with van der Waals surface area (Å²) in [6.07, 6.45) is 1.07. The number of benzene rings is 1. The second kappa shape index (κ2) is 10.4. The summed E-state index contributed by atoms with van der Waals surface area (Å²) < 4.78 is 0. The topological polar surface area (TPSA) is 79.6 Å². The van der Waals surface area contributed by atoms with Gasteiger partial charge in [-0.3, -0.25) is 15.1 Å². The maximum absolute atomic E-state index is 10.7. The Hall–Kier alpha value is -1.38. The molecule has 1 aromatic carbocycles. The molecule has 0 aromatic heterocycles. The molecule has 1 aromatic rings. The van der Waals surface area contributed by atoms with E-state index in [2.05, 4.69) is 29.5 Å².